The van der Waals surface area contributed by atoms with Crippen LogP contribution in [0.1, 0.15) is 322 Å². The zero-order valence-electron chi connectivity index (χ0n) is 56.8. The first-order valence-electron chi connectivity index (χ1n) is 36.0. The average molecular weight is 1220 g/mol. The van der Waals surface area contributed by atoms with Crippen LogP contribution in [0.4, 0.5) is 0 Å². The van der Waals surface area contributed by atoms with Crippen LogP contribution in [0.5, 0.6) is 0 Å². The van der Waals surface area contributed by atoms with Gasteiger partial charge in [0.15, 0.2) is 6.10 Å². The third-order valence-corrected chi connectivity index (χ3v) is 16.6. The van der Waals surface area contributed by atoms with Gasteiger partial charge in [0.05, 0.1) is 27.7 Å². The summed E-state index contributed by atoms with van der Waals surface area (Å²) in [5.74, 6) is -0.788. The van der Waals surface area contributed by atoms with Gasteiger partial charge in [-0.3, -0.25) is 18.6 Å². The van der Waals surface area contributed by atoms with Gasteiger partial charge in [-0.15, -0.1) is 0 Å². The van der Waals surface area contributed by atoms with Crippen LogP contribution in [0.25, 0.3) is 0 Å². The van der Waals surface area contributed by atoms with Crippen molar-refractivity contribution in [2.75, 3.05) is 47.5 Å². The summed E-state index contributed by atoms with van der Waals surface area (Å²) < 4.78 is 34.7. The quantitative estimate of drug-likeness (QED) is 0.0211. The van der Waals surface area contributed by atoms with E-state index in [1.807, 2.05) is 21.1 Å². The number of carbonyl (C=O) groups is 2. The van der Waals surface area contributed by atoms with Crippen LogP contribution < -0.4 is 0 Å². The molecule has 0 saturated heterocycles. The van der Waals surface area contributed by atoms with E-state index in [0.717, 1.165) is 89.9 Å². The third kappa shape index (κ3) is 70.0. The molecule has 86 heavy (non-hydrogen) atoms. The van der Waals surface area contributed by atoms with Gasteiger partial charge in [-0.1, -0.05) is 329 Å². The van der Waals surface area contributed by atoms with Gasteiger partial charge in [0.25, 0.3) is 0 Å². The second kappa shape index (κ2) is 66.4. The summed E-state index contributed by atoms with van der Waals surface area (Å²) >= 11 is 0. The minimum atomic E-state index is -4.40. The van der Waals surface area contributed by atoms with Gasteiger partial charge in [-0.25, -0.2) is 4.57 Å². The van der Waals surface area contributed by atoms with Gasteiger partial charge in [-0.05, 0) is 77.0 Å². The van der Waals surface area contributed by atoms with E-state index in [1.165, 1.54) is 199 Å². The highest BCUT2D eigenvalue weighted by Gasteiger charge is 2.27. The molecule has 0 heterocycles. The van der Waals surface area contributed by atoms with E-state index in [-0.39, 0.29) is 25.6 Å². The summed E-state index contributed by atoms with van der Waals surface area (Å²) in [7, 11) is 1.48. The minimum absolute atomic E-state index is 0.0299. The number of phosphoric ester groups is 1. The van der Waals surface area contributed by atoms with Crippen LogP contribution in [-0.2, 0) is 32.7 Å². The van der Waals surface area contributed by atoms with E-state index in [4.69, 9.17) is 18.5 Å². The lowest BCUT2D eigenvalue weighted by atomic mass is 10.0. The smallest absolute Gasteiger partial charge is 0.462 e. The van der Waals surface area contributed by atoms with Gasteiger partial charge < -0.3 is 18.9 Å². The minimum Gasteiger partial charge on any atom is -0.462 e. The van der Waals surface area contributed by atoms with Crippen LogP contribution in [0.3, 0.4) is 0 Å². The second-order valence-corrected chi connectivity index (χ2v) is 26.7. The lowest BCUT2D eigenvalue weighted by Gasteiger charge is -2.24. The summed E-state index contributed by atoms with van der Waals surface area (Å²) in [5, 5.41) is 0. The molecule has 0 aliphatic heterocycles. The van der Waals surface area contributed by atoms with Crippen LogP contribution in [0.15, 0.2) is 97.2 Å². The molecule has 0 aromatic rings. The van der Waals surface area contributed by atoms with E-state index < -0.39 is 26.5 Å². The SMILES string of the molecule is CC/C=C\C/C=C\C/C=C\C/C=C\C/C=C\C/C=C\C/C=C\C/C=C\CCCCCCCCCCCCCCC(=O)OC(COC(=O)CCCCCCCCCCCCCCCCCCCCCCCCCCC)COP(=O)(O)OCC[N+](C)(C)C. The van der Waals surface area contributed by atoms with Crippen molar-refractivity contribution in [1.29, 1.82) is 0 Å². The predicted molar refractivity (Wildman–Crippen MR) is 372 cm³/mol. The molecule has 0 aliphatic rings. The first kappa shape index (κ1) is 82.9. The van der Waals surface area contributed by atoms with Crippen molar-refractivity contribution in [2.45, 2.75) is 328 Å². The number of phosphoric acid groups is 1. The van der Waals surface area contributed by atoms with Crippen molar-refractivity contribution < 1.29 is 42.1 Å². The third-order valence-electron chi connectivity index (χ3n) is 15.6. The Bertz CT molecular complexity index is 1770. The number of rotatable bonds is 66. The van der Waals surface area contributed by atoms with Crippen molar-refractivity contribution in [3.63, 3.8) is 0 Å². The fraction of sp³-hybridized carbons (Fsp3) is 0.763. The lowest BCUT2D eigenvalue weighted by Crippen LogP contribution is -2.37. The molecule has 10 heteroatoms. The van der Waals surface area contributed by atoms with Gasteiger partial charge >= 0.3 is 19.8 Å². The van der Waals surface area contributed by atoms with E-state index in [9.17, 15) is 19.0 Å². The molecule has 0 saturated carbocycles. The normalized spacial score (nSPS) is 13.7. The molecular weight excluding hydrogens is 1090 g/mol. The molecule has 0 aromatic heterocycles. The molecule has 0 spiro atoms. The maximum absolute atomic E-state index is 12.9. The second-order valence-electron chi connectivity index (χ2n) is 25.3. The van der Waals surface area contributed by atoms with E-state index in [0.29, 0.717) is 23.9 Å². The number of hydrogen-bond donors (Lipinski definition) is 1. The van der Waals surface area contributed by atoms with Crippen LogP contribution >= 0.6 is 7.82 Å². The molecule has 1 N–H and O–H groups in total. The molecule has 2 unspecified atom stereocenters. The Morgan fingerprint density at radius 1 is 0.372 bits per heavy atom. The van der Waals surface area contributed by atoms with E-state index in [2.05, 4.69) is 111 Å². The topological polar surface area (TPSA) is 108 Å². The number of quaternary nitrogens is 1. The van der Waals surface area contributed by atoms with Gasteiger partial charge in [0.1, 0.15) is 19.8 Å². The number of esters is 2. The van der Waals surface area contributed by atoms with Crippen LogP contribution in [-0.4, -0.2) is 74.9 Å². The predicted octanol–water partition coefficient (Wildman–Crippen LogP) is 23.5. The van der Waals surface area contributed by atoms with Crippen molar-refractivity contribution in [1.82, 2.24) is 0 Å². The molecular formula is C76H137NO8P+. The van der Waals surface area contributed by atoms with Gasteiger partial charge in [-0.2, -0.15) is 0 Å². The first-order valence-corrected chi connectivity index (χ1v) is 37.5. The van der Waals surface area contributed by atoms with Crippen LogP contribution in [0, 0.1) is 0 Å². The summed E-state index contributed by atoms with van der Waals surface area (Å²) in [4.78, 5) is 35.9. The Morgan fingerprint density at radius 2 is 0.663 bits per heavy atom. The number of allylic oxidation sites excluding steroid dienone is 16. The summed E-state index contributed by atoms with van der Waals surface area (Å²) in [5.41, 5.74) is 0. The number of nitrogens with zero attached hydrogens (tertiary/aromatic N) is 1. The maximum atomic E-state index is 12.9. The number of carbonyl (C=O) groups excluding carboxylic acids is 2. The molecule has 0 aliphatic carbocycles. The lowest BCUT2D eigenvalue weighted by molar-refractivity contribution is -0.870. The molecule has 0 radical (unpaired) electrons. The molecule has 0 rings (SSSR count). The monoisotopic (exact) mass is 1220 g/mol. The number of ether oxygens (including phenoxy) is 2. The van der Waals surface area contributed by atoms with Crippen molar-refractivity contribution in [2.24, 2.45) is 0 Å². The Hall–Kier alpha value is -3.07. The molecule has 0 fully saturated rings. The molecule has 498 valence electrons. The highest BCUT2D eigenvalue weighted by Crippen LogP contribution is 2.43. The Balaban J connectivity index is 4.04. The van der Waals surface area contributed by atoms with Crippen molar-refractivity contribution in [3.05, 3.63) is 97.2 Å². The van der Waals surface area contributed by atoms with Crippen molar-refractivity contribution in [3.8, 4) is 0 Å². The highest BCUT2D eigenvalue weighted by atomic mass is 31.2. The molecule has 0 aromatic carbocycles. The standard InChI is InChI=1S/C76H136NO8P/c1-6-8-10-12-14-16-18-20-22-24-26-28-30-32-33-34-35-36-37-38-39-40-41-42-43-45-47-49-51-53-55-57-59-61-63-65-67-69-76(79)85-74(73-84-86(80,81)83-71-70-77(3,4)5)72-82-75(78)68-66-64-62-60-58-56-54-52-50-48-46-44-31-29-27-25-23-21-19-17-15-13-11-9-7-2/h8,10,14,16,20,22,26,28,32-33,35-36,38-39,41-42,74H,6-7,9,11-13,15,17-19,21,23-25,27,29-31,34,37,40,43-73H2,1-5H3/p+1/b10-8-,16-14-,22-20-,28-26-,33-32-,36-35-,39-38-,42-41-. The van der Waals surface area contributed by atoms with Gasteiger partial charge in [0.2, 0.25) is 0 Å². The maximum Gasteiger partial charge on any atom is 0.472 e. The molecule has 0 bridgehead atoms. The average Bonchev–Trinajstić information content (AvgIpc) is 3.67. The Morgan fingerprint density at radius 3 is 0.988 bits per heavy atom. The van der Waals surface area contributed by atoms with Crippen LogP contribution in [0.2, 0.25) is 0 Å². The van der Waals surface area contributed by atoms with Gasteiger partial charge in [0, 0.05) is 12.8 Å². The molecule has 9 nitrogen and oxygen atoms in total. The highest BCUT2D eigenvalue weighted by molar-refractivity contribution is 7.47. The summed E-state index contributed by atoms with van der Waals surface area (Å²) in [6, 6.07) is 0. The molecule has 0 amide bonds. The van der Waals surface area contributed by atoms with E-state index in [1.54, 1.807) is 0 Å². The number of unbranched alkanes of at least 4 members (excludes halogenated alkanes) is 36. The fourth-order valence-electron chi connectivity index (χ4n) is 10.2. The molecule has 2 atom stereocenters. The Kier molecular flexibility index (Phi) is 64.0. The summed E-state index contributed by atoms with van der Waals surface area (Å²) in [6.07, 6.45) is 92.3. The van der Waals surface area contributed by atoms with E-state index >= 15 is 0 Å². The first-order chi connectivity index (χ1) is 42.0. The zero-order chi connectivity index (χ0) is 62.6. The Labute approximate surface area is 532 Å². The number of hydrogen-bond acceptors (Lipinski definition) is 7. The fourth-order valence-corrected chi connectivity index (χ4v) is 10.9. The zero-order valence-corrected chi connectivity index (χ0v) is 57.7. The summed E-state index contributed by atoms with van der Waals surface area (Å²) in [6.45, 7) is 4.36. The largest absolute Gasteiger partial charge is 0.472 e. The van der Waals surface area contributed by atoms with Crippen molar-refractivity contribution >= 4 is 19.8 Å². The number of likely N-dealkylation sites (N-methyl/N-ethyl adjacent to an activating group) is 1.